The molecule has 3 heterocycles. The van der Waals surface area contributed by atoms with E-state index in [0.29, 0.717) is 13.1 Å². The number of pyridine rings is 1. The van der Waals surface area contributed by atoms with Crippen molar-refractivity contribution in [1.29, 1.82) is 0 Å². The fraction of sp³-hybridized carbons (Fsp3) is 0.429. The van der Waals surface area contributed by atoms with Crippen LogP contribution in [0.3, 0.4) is 0 Å². The third-order valence-electron chi connectivity index (χ3n) is 3.22. The lowest BCUT2D eigenvalue weighted by Gasteiger charge is -2.26. The number of halogens is 2. The van der Waals surface area contributed by atoms with Crippen molar-refractivity contribution < 1.29 is 8.78 Å². The first-order chi connectivity index (χ1) is 10.1. The summed E-state index contributed by atoms with van der Waals surface area (Å²) in [7, 11) is 1.72. The Kier molecular flexibility index (Phi) is 5.21. The van der Waals surface area contributed by atoms with Gasteiger partial charge in [-0.25, -0.2) is 8.78 Å². The number of nitrogens with zero attached hydrogens (tertiary/aromatic N) is 4. The number of aromatic nitrogens is 3. The average molecular weight is 296 g/mol. The van der Waals surface area contributed by atoms with Gasteiger partial charge in [-0.05, 0) is 12.1 Å². The van der Waals surface area contributed by atoms with Crippen LogP contribution in [0.5, 0.6) is 0 Å². The van der Waals surface area contributed by atoms with E-state index in [1.165, 1.54) is 10.6 Å². The second-order valence-corrected chi connectivity index (χ2v) is 4.82. The maximum absolute atomic E-state index is 12.1. The lowest BCUT2D eigenvalue weighted by molar-refractivity contribution is 0.0737. The minimum absolute atomic E-state index is 0.0347. The molecule has 21 heavy (non-hydrogen) atoms. The van der Waals surface area contributed by atoms with Gasteiger partial charge in [-0.15, -0.1) is 0 Å². The summed E-state index contributed by atoms with van der Waals surface area (Å²) >= 11 is 0. The van der Waals surface area contributed by atoms with Gasteiger partial charge in [-0.2, -0.15) is 5.10 Å². The molecular weight excluding hydrogens is 278 g/mol. The van der Waals surface area contributed by atoms with Crippen LogP contribution in [0.2, 0.25) is 0 Å². The second kappa shape index (κ2) is 7.12. The van der Waals surface area contributed by atoms with E-state index in [-0.39, 0.29) is 12.1 Å². The van der Waals surface area contributed by atoms with Crippen molar-refractivity contribution in [2.24, 2.45) is 7.05 Å². The first-order valence-corrected chi connectivity index (χ1v) is 6.69. The van der Waals surface area contributed by atoms with Gasteiger partial charge in [0.2, 0.25) is 5.56 Å². The number of rotatable bonds is 2. The van der Waals surface area contributed by atoms with Crippen molar-refractivity contribution in [1.82, 2.24) is 19.2 Å². The molecule has 0 radical (unpaired) electrons. The molecule has 7 heteroatoms. The van der Waals surface area contributed by atoms with E-state index >= 15 is 0 Å². The number of fused-ring (bicyclic) bond motifs is 1. The Labute approximate surface area is 121 Å². The van der Waals surface area contributed by atoms with Gasteiger partial charge >= 0.3 is 0 Å². The van der Waals surface area contributed by atoms with Crippen LogP contribution in [0.4, 0.5) is 8.78 Å². The van der Waals surface area contributed by atoms with Crippen LogP contribution in [-0.2, 0) is 20.1 Å². The Morgan fingerprint density at radius 3 is 2.71 bits per heavy atom. The summed E-state index contributed by atoms with van der Waals surface area (Å²) in [6.07, 6.45) is 1.19. The molecule has 0 saturated heterocycles. The van der Waals surface area contributed by atoms with Crippen molar-refractivity contribution in [3.8, 4) is 0 Å². The van der Waals surface area contributed by atoms with Gasteiger partial charge in [-0.3, -0.25) is 14.4 Å². The minimum atomic E-state index is -2.24. The van der Waals surface area contributed by atoms with Crippen molar-refractivity contribution in [2.75, 3.05) is 13.1 Å². The molecule has 3 rings (SSSR count). The summed E-state index contributed by atoms with van der Waals surface area (Å²) in [4.78, 5) is 12.3. The molecule has 0 N–H and O–H groups in total. The summed E-state index contributed by atoms with van der Waals surface area (Å²) in [5, 5.41) is 4.07. The fourth-order valence-corrected chi connectivity index (χ4v) is 2.10. The highest BCUT2D eigenvalue weighted by molar-refractivity contribution is 5.02. The number of hydrogen-bond donors (Lipinski definition) is 0. The van der Waals surface area contributed by atoms with Crippen molar-refractivity contribution in [3.05, 3.63) is 52.7 Å². The summed E-state index contributed by atoms with van der Waals surface area (Å²) in [5.41, 5.74) is 1.06. The molecule has 114 valence electrons. The zero-order valence-electron chi connectivity index (χ0n) is 11.8. The maximum Gasteiger partial charge on any atom is 0.251 e. The third-order valence-corrected chi connectivity index (χ3v) is 3.22. The van der Waals surface area contributed by atoms with Gasteiger partial charge in [-0.1, -0.05) is 6.07 Å². The number of alkyl halides is 2. The topological polar surface area (TPSA) is 43.1 Å². The Bertz CT molecular complexity index is 623. The van der Waals surface area contributed by atoms with Crippen molar-refractivity contribution >= 4 is 0 Å². The van der Waals surface area contributed by atoms with Crippen LogP contribution in [0.25, 0.3) is 0 Å². The molecule has 0 aliphatic carbocycles. The highest BCUT2D eigenvalue weighted by Crippen LogP contribution is 2.11. The lowest BCUT2D eigenvalue weighted by atomic mass is 10.3. The highest BCUT2D eigenvalue weighted by Gasteiger charge is 2.18. The summed E-state index contributed by atoms with van der Waals surface area (Å²) in [5.74, 6) is 0. The zero-order valence-corrected chi connectivity index (χ0v) is 11.8. The van der Waals surface area contributed by atoms with Crippen LogP contribution >= 0.6 is 0 Å². The minimum Gasteiger partial charge on any atom is -0.319 e. The molecule has 0 bridgehead atoms. The van der Waals surface area contributed by atoms with E-state index in [1.54, 1.807) is 30.4 Å². The molecule has 2 aromatic heterocycles. The van der Waals surface area contributed by atoms with E-state index in [4.69, 9.17) is 0 Å². The molecule has 0 atom stereocenters. The average Bonchev–Trinajstić information content (AvgIpc) is 2.90. The first kappa shape index (κ1) is 15.4. The summed E-state index contributed by atoms with van der Waals surface area (Å²) < 4.78 is 27.5. The van der Waals surface area contributed by atoms with Gasteiger partial charge in [0.25, 0.3) is 6.43 Å². The molecule has 2 aromatic rings. The zero-order chi connectivity index (χ0) is 15.2. The molecule has 0 fully saturated rings. The summed E-state index contributed by atoms with van der Waals surface area (Å²) in [6, 6.07) is 6.95. The lowest BCUT2D eigenvalue weighted by Crippen LogP contribution is -2.36. The maximum atomic E-state index is 12.1. The predicted octanol–water partition coefficient (Wildman–Crippen LogP) is 1.35. The monoisotopic (exact) mass is 296 g/mol. The van der Waals surface area contributed by atoms with Crippen molar-refractivity contribution in [2.45, 2.75) is 19.5 Å². The van der Waals surface area contributed by atoms with E-state index in [0.717, 1.165) is 12.2 Å². The van der Waals surface area contributed by atoms with E-state index in [9.17, 15) is 13.6 Å². The Hall–Kier alpha value is -2.02. The van der Waals surface area contributed by atoms with Gasteiger partial charge < -0.3 is 4.57 Å². The second-order valence-electron chi connectivity index (χ2n) is 4.82. The third kappa shape index (κ3) is 4.49. The van der Waals surface area contributed by atoms with Crippen LogP contribution < -0.4 is 5.56 Å². The van der Waals surface area contributed by atoms with E-state index in [2.05, 4.69) is 5.10 Å². The first-order valence-electron chi connectivity index (χ1n) is 6.69. The van der Waals surface area contributed by atoms with Crippen LogP contribution in [0.1, 0.15) is 5.69 Å². The molecule has 1 aliphatic heterocycles. The standard InChI is InChI=1S/C8H11F2N3.C6H7NO/c9-8(10)6-12-3-4-13-7(5-12)1-2-11-13;1-7-5-3-2-4-6(7)8/h1-2,8H,3-6H2;2-5H,1H3. The van der Waals surface area contributed by atoms with Crippen LogP contribution in [0, 0.1) is 0 Å². The molecule has 0 amide bonds. The Morgan fingerprint density at radius 2 is 2.10 bits per heavy atom. The van der Waals surface area contributed by atoms with Gasteiger partial charge in [0.15, 0.2) is 0 Å². The quantitative estimate of drug-likeness (QED) is 0.840. The largest absolute Gasteiger partial charge is 0.319 e. The van der Waals surface area contributed by atoms with Crippen LogP contribution in [-0.4, -0.2) is 38.8 Å². The molecular formula is C14H18F2N4O. The smallest absolute Gasteiger partial charge is 0.251 e. The van der Waals surface area contributed by atoms with E-state index in [1.807, 2.05) is 16.8 Å². The molecule has 0 spiro atoms. The van der Waals surface area contributed by atoms with Crippen LogP contribution in [0.15, 0.2) is 41.5 Å². The Balaban J connectivity index is 0.000000173. The molecule has 0 aromatic carbocycles. The molecule has 0 saturated carbocycles. The van der Waals surface area contributed by atoms with E-state index < -0.39 is 6.43 Å². The number of hydrogen-bond acceptors (Lipinski definition) is 3. The molecule has 1 aliphatic rings. The normalized spacial score (nSPS) is 14.5. The summed E-state index contributed by atoms with van der Waals surface area (Å²) in [6.45, 7) is 1.84. The fourth-order valence-electron chi connectivity index (χ4n) is 2.10. The SMILES string of the molecule is Cn1ccccc1=O.FC(F)CN1CCn2nccc2C1. The highest BCUT2D eigenvalue weighted by atomic mass is 19.3. The van der Waals surface area contributed by atoms with Crippen molar-refractivity contribution in [3.63, 3.8) is 0 Å². The van der Waals surface area contributed by atoms with Gasteiger partial charge in [0, 0.05) is 38.6 Å². The predicted molar refractivity (Wildman–Crippen MR) is 75.2 cm³/mol. The molecule has 5 nitrogen and oxygen atoms in total. The van der Waals surface area contributed by atoms with Gasteiger partial charge in [0.05, 0.1) is 18.8 Å². The number of aryl methyl sites for hydroxylation is 1. The Morgan fingerprint density at radius 1 is 1.29 bits per heavy atom. The van der Waals surface area contributed by atoms with Gasteiger partial charge in [0.1, 0.15) is 0 Å². The molecule has 0 unspecified atom stereocenters.